The van der Waals surface area contributed by atoms with Crippen LogP contribution >= 0.6 is 23.4 Å². The Labute approximate surface area is 194 Å². The normalized spacial score (nSPS) is 15.0. The molecule has 9 heteroatoms. The summed E-state index contributed by atoms with van der Waals surface area (Å²) in [4.78, 5) is 42.9. The van der Waals surface area contributed by atoms with Crippen molar-refractivity contribution in [2.75, 3.05) is 11.9 Å². The summed E-state index contributed by atoms with van der Waals surface area (Å²) in [6.45, 7) is 3.53. The number of rotatable bonds is 5. The highest BCUT2D eigenvalue weighted by molar-refractivity contribution is 8.18. The van der Waals surface area contributed by atoms with Crippen molar-refractivity contribution in [1.82, 2.24) is 14.5 Å². The number of para-hydroxylation sites is 1. The zero-order chi connectivity index (χ0) is 22.8. The second-order valence-electron chi connectivity index (χ2n) is 7.16. The average Bonchev–Trinajstić information content (AvgIpc) is 3.19. The molecule has 3 amide bonds. The van der Waals surface area contributed by atoms with Crippen molar-refractivity contribution >= 4 is 52.2 Å². The van der Waals surface area contributed by atoms with Gasteiger partial charge in [0.2, 0.25) is 5.91 Å². The van der Waals surface area contributed by atoms with E-state index in [0.717, 1.165) is 39.3 Å². The van der Waals surface area contributed by atoms with E-state index in [0.29, 0.717) is 10.7 Å². The van der Waals surface area contributed by atoms with E-state index in [1.54, 1.807) is 42.7 Å². The lowest BCUT2D eigenvalue weighted by Crippen LogP contribution is -2.36. The Morgan fingerprint density at radius 1 is 1.16 bits per heavy atom. The summed E-state index contributed by atoms with van der Waals surface area (Å²) in [7, 11) is 0. The van der Waals surface area contributed by atoms with E-state index in [4.69, 9.17) is 11.6 Å². The van der Waals surface area contributed by atoms with Gasteiger partial charge >= 0.3 is 0 Å². The molecule has 162 valence electrons. The van der Waals surface area contributed by atoms with Crippen molar-refractivity contribution in [2.24, 2.45) is 0 Å². The predicted molar refractivity (Wildman–Crippen MR) is 126 cm³/mol. The molecule has 1 saturated heterocycles. The smallest absolute Gasteiger partial charge is 0.294 e. The van der Waals surface area contributed by atoms with Gasteiger partial charge in [0.1, 0.15) is 6.54 Å². The van der Waals surface area contributed by atoms with Gasteiger partial charge in [0.15, 0.2) is 0 Å². The molecule has 0 saturated carbocycles. The number of carbonyl (C=O) groups is 3. The molecule has 0 atom stereocenters. The third-order valence-electron chi connectivity index (χ3n) is 5.00. The molecule has 7 nitrogen and oxygen atoms in total. The minimum Gasteiger partial charge on any atom is -0.323 e. The fourth-order valence-electron chi connectivity index (χ4n) is 3.50. The summed E-state index contributed by atoms with van der Waals surface area (Å²) >= 11 is 6.87. The molecule has 0 bridgehead atoms. The molecule has 3 heterocycles. The molecule has 0 unspecified atom stereocenters. The lowest BCUT2D eigenvalue weighted by molar-refractivity contribution is -0.127. The Morgan fingerprint density at radius 2 is 1.88 bits per heavy atom. The zero-order valence-electron chi connectivity index (χ0n) is 17.3. The number of benzene rings is 1. The van der Waals surface area contributed by atoms with Crippen molar-refractivity contribution in [2.45, 2.75) is 13.8 Å². The fourth-order valence-corrected chi connectivity index (χ4v) is 4.51. The Balaban J connectivity index is 1.53. The van der Waals surface area contributed by atoms with Gasteiger partial charge in [-0.15, -0.1) is 0 Å². The minimum atomic E-state index is -0.502. The summed E-state index contributed by atoms with van der Waals surface area (Å²) in [5.41, 5.74) is 4.12. The van der Waals surface area contributed by atoms with Crippen LogP contribution in [0.3, 0.4) is 0 Å². The predicted octanol–water partition coefficient (Wildman–Crippen LogP) is 4.82. The van der Waals surface area contributed by atoms with E-state index in [1.165, 1.54) is 0 Å². The van der Waals surface area contributed by atoms with Crippen LogP contribution < -0.4 is 5.32 Å². The number of hydrogen-bond donors (Lipinski definition) is 1. The van der Waals surface area contributed by atoms with Crippen LogP contribution in [0.15, 0.2) is 59.8 Å². The van der Waals surface area contributed by atoms with Gasteiger partial charge in [-0.1, -0.05) is 23.7 Å². The summed E-state index contributed by atoms with van der Waals surface area (Å²) in [5.74, 6) is -1.000. The topological polar surface area (TPSA) is 84.3 Å². The number of thioether (sulfide) groups is 1. The lowest BCUT2D eigenvalue weighted by atomic mass is 10.2. The Kier molecular flexibility index (Phi) is 6.16. The maximum absolute atomic E-state index is 12.8. The van der Waals surface area contributed by atoms with Crippen LogP contribution in [0, 0.1) is 13.8 Å². The largest absolute Gasteiger partial charge is 0.323 e. The standard InChI is InChI=1S/C23H19ClN4O3S/c1-14-11-16(15(2)28(14)17-7-9-25-10-8-17)12-20-22(30)27(23(31)32-20)13-21(29)26-19-6-4-3-5-18(19)24/h3-12H,13H2,1-2H3,(H,26,29)/b20-12+. The van der Waals surface area contributed by atoms with Crippen molar-refractivity contribution < 1.29 is 14.4 Å². The third kappa shape index (κ3) is 4.32. The minimum absolute atomic E-state index is 0.274. The van der Waals surface area contributed by atoms with Crippen LogP contribution in [0.25, 0.3) is 11.8 Å². The SMILES string of the molecule is Cc1cc(/C=C2/SC(=O)N(CC(=O)Nc3ccccc3Cl)C2=O)c(C)n1-c1ccncc1. The van der Waals surface area contributed by atoms with Crippen LogP contribution in [0.1, 0.15) is 17.0 Å². The number of aromatic nitrogens is 2. The maximum atomic E-state index is 12.8. The van der Waals surface area contributed by atoms with Crippen LogP contribution in [0.2, 0.25) is 5.02 Å². The van der Waals surface area contributed by atoms with Crippen molar-refractivity contribution in [1.29, 1.82) is 0 Å². The van der Waals surface area contributed by atoms with Crippen molar-refractivity contribution in [3.8, 4) is 5.69 Å². The van der Waals surface area contributed by atoms with Gasteiger partial charge in [-0.2, -0.15) is 0 Å². The Hall–Kier alpha value is -3.36. The summed E-state index contributed by atoms with van der Waals surface area (Å²) in [5, 5.41) is 2.51. The van der Waals surface area contributed by atoms with E-state index in [2.05, 4.69) is 14.9 Å². The van der Waals surface area contributed by atoms with Gasteiger partial charge in [0, 0.05) is 29.5 Å². The number of carbonyl (C=O) groups excluding carboxylic acids is 3. The fraction of sp³-hybridized carbons (Fsp3) is 0.130. The van der Waals surface area contributed by atoms with E-state index in [1.807, 2.05) is 32.0 Å². The molecule has 1 N–H and O–H groups in total. The molecule has 0 radical (unpaired) electrons. The molecule has 1 aliphatic rings. The van der Waals surface area contributed by atoms with Gasteiger partial charge in [-0.25, -0.2) is 0 Å². The third-order valence-corrected chi connectivity index (χ3v) is 6.24. The van der Waals surface area contributed by atoms with Crippen LogP contribution in [0.5, 0.6) is 0 Å². The first-order valence-electron chi connectivity index (χ1n) is 9.74. The van der Waals surface area contributed by atoms with E-state index < -0.39 is 17.1 Å². The average molecular weight is 467 g/mol. The number of nitrogens with zero attached hydrogens (tertiary/aromatic N) is 3. The molecule has 32 heavy (non-hydrogen) atoms. The van der Waals surface area contributed by atoms with E-state index in [9.17, 15) is 14.4 Å². The van der Waals surface area contributed by atoms with Crippen LogP contribution in [-0.2, 0) is 9.59 Å². The maximum Gasteiger partial charge on any atom is 0.294 e. The second kappa shape index (κ2) is 9.02. The number of aryl methyl sites for hydroxylation is 1. The van der Waals surface area contributed by atoms with Crippen molar-refractivity contribution in [3.05, 3.63) is 81.7 Å². The van der Waals surface area contributed by atoms with E-state index in [-0.39, 0.29) is 11.4 Å². The van der Waals surface area contributed by atoms with Gasteiger partial charge < -0.3 is 9.88 Å². The second-order valence-corrected chi connectivity index (χ2v) is 8.56. The first kappa shape index (κ1) is 21.9. The molecule has 1 fully saturated rings. The Morgan fingerprint density at radius 3 is 2.59 bits per heavy atom. The molecule has 1 aromatic carbocycles. The van der Waals surface area contributed by atoms with Gasteiger partial charge in [-0.05, 0) is 67.6 Å². The molecular weight excluding hydrogens is 448 g/mol. The molecule has 2 aromatic heterocycles. The lowest BCUT2D eigenvalue weighted by Gasteiger charge is -2.13. The number of halogens is 1. The highest BCUT2D eigenvalue weighted by Gasteiger charge is 2.36. The van der Waals surface area contributed by atoms with Gasteiger partial charge in [0.05, 0.1) is 15.6 Å². The quantitative estimate of drug-likeness (QED) is 0.545. The summed E-state index contributed by atoms with van der Waals surface area (Å²) in [6.07, 6.45) is 5.12. The zero-order valence-corrected chi connectivity index (χ0v) is 18.9. The number of hydrogen-bond acceptors (Lipinski definition) is 5. The first-order valence-corrected chi connectivity index (χ1v) is 10.9. The first-order chi connectivity index (χ1) is 15.3. The van der Waals surface area contributed by atoms with Crippen LogP contribution in [-0.4, -0.2) is 38.0 Å². The molecule has 3 aromatic rings. The summed E-state index contributed by atoms with van der Waals surface area (Å²) in [6, 6.07) is 12.5. The van der Waals surface area contributed by atoms with E-state index >= 15 is 0 Å². The molecular formula is C23H19ClN4O3S. The molecule has 0 aliphatic carbocycles. The number of imide groups is 1. The monoisotopic (exact) mass is 466 g/mol. The number of pyridine rings is 1. The molecule has 4 rings (SSSR count). The Bertz CT molecular complexity index is 1250. The molecule has 1 aliphatic heterocycles. The van der Waals surface area contributed by atoms with Gasteiger partial charge in [0.25, 0.3) is 11.1 Å². The highest BCUT2D eigenvalue weighted by Crippen LogP contribution is 2.33. The van der Waals surface area contributed by atoms with Crippen molar-refractivity contribution in [3.63, 3.8) is 0 Å². The van der Waals surface area contributed by atoms with Gasteiger partial charge in [-0.3, -0.25) is 24.3 Å². The highest BCUT2D eigenvalue weighted by atomic mass is 35.5. The number of anilines is 1. The molecule has 0 spiro atoms. The number of nitrogens with one attached hydrogen (secondary N) is 1. The van der Waals surface area contributed by atoms with Crippen LogP contribution in [0.4, 0.5) is 10.5 Å². The summed E-state index contributed by atoms with van der Waals surface area (Å²) < 4.78 is 2.05. The number of amides is 3.